The Hall–Kier alpha value is -1.60. The molecule has 0 saturated carbocycles. The highest BCUT2D eigenvalue weighted by molar-refractivity contribution is 9.10. The van der Waals surface area contributed by atoms with Gasteiger partial charge in [0, 0.05) is 12.6 Å². The number of benzene rings is 1. The van der Waals surface area contributed by atoms with Gasteiger partial charge in [-0.15, -0.1) is 0 Å². The van der Waals surface area contributed by atoms with Crippen LogP contribution in [0.3, 0.4) is 0 Å². The van der Waals surface area contributed by atoms with Crippen molar-refractivity contribution in [1.29, 1.82) is 0 Å². The predicted molar refractivity (Wildman–Crippen MR) is 78.3 cm³/mol. The first-order chi connectivity index (χ1) is 9.90. The van der Waals surface area contributed by atoms with Gasteiger partial charge in [0.25, 0.3) is 0 Å². The molecule has 7 heteroatoms. The van der Waals surface area contributed by atoms with E-state index in [9.17, 15) is 13.6 Å². The van der Waals surface area contributed by atoms with Gasteiger partial charge in [0.2, 0.25) is 5.78 Å². The van der Waals surface area contributed by atoms with Crippen molar-refractivity contribution < 1.29 is 13.6 Å². The standard InChI is InChI=1S/C14H14BrF2N3O/c1-19(2)5-6-20-13(11(15)8-18-20)14(21)10-4-3-9(16)7-12(10)17/h3-4,7-8H,5-6H2,1-2H3. The maximum absolute atomic E-state index is 13.8. The van der Waals surface area contributed by atoms with Crippen molar-refractivity contribution in [2.45, 2.75) is 6.54 Å². The highest BCUT2D eigenvalue weighted by Crippen LogP contribution is 2.21. The van der Waals surface area contributed by atoms with E-state index in [-0.39, 0.29) is 11.3 Å². The van der Waals surface area contributed by atoms with E-state index in [1.807, 2.05) is 19.0 Å². The summed E-state index contributed by atoms with van der Waals surface area (Å²) in [4.78, 5) is 14.4. The highest BCUT2D eigenvalue weighted by Gasteiger charge is 2.22. The number of likely N-dealkylation sites (N-methyl/N-ethyl adjacent to an activating group) is 1. The van der Waals surface area contributed by atoms with Gasteiger partial charge < -0.3 is 4.90 Å². The fourth-order valence-electron chi connectivity index (χ4n) is 1.85. The molecule has 2 aromatic rings. The summed E-state index contributed by atoms with van der Waals surface area (Å²) < 4.78 is 28.7. The molecule has 1 aromatic carbocycles. The Balaban J connectivity index is 2.36. The summed E-state index contributed by atoms with van der Waals surface area (Å²) in [6.45, 7) is 1.17. The second-order valence-electron chi connectivity index (χ2n) is 4.82. The first kappa shape index (κ1) is 15.8. The van der Waals surface area contributed by atoms with Crippen LogP contribution in [0.4, 0.5) is 8.78 Å². The SMILES string of the molecule is CN(C)CCn1ncc(Br)c1C(=O)c1ccc(F)cc1F. The molecule has 1 aromatic heterocycles. The normalized spacial score (nSPS) is 11.1. The summed E-state index contributed by atoms with van der Waals surface area (Å²) in [6, 6.07) is 2.90. The zero-order valence-electron chi connectivity index (χ0n) is 11.6. The van der Waals surface area contributed by atoms with Crippen molar-refractivity contribution in [3.8, 4) is 0 Å². The maximum atomic E-state index is 13.8. The van der Waals surface area contributed by atoms with Gasteiger partial charge in [0.1, 0.15) is 17.3 Å². The minimum atomic E-state index is -0.882. The fraction of sp³-hybridized carbons (Fsp3) is 0.286. The summed E-state index contributed by atoms with van der Waals surface area (Å²) >= 11 is 3.25. The van der Waals surface area contributed by atoms with Crippen LogP contribution in [0.15, 0.2) is 28.9 Å². The number of ketones is 1. The fourth-order valence-corrected chi connectivity index (χ4v) is 2.33. The maximum Gasteiger partial charge on any atom is 0.215 e. The summed E-state index contributed by atoms with van der Waals surface area (Å²) in [5.74, 6) is -2.13. The van der Waals surface area contributed by atoms with Crippen LogP contribution in [-0.2, 0) is 6.54 Å². The van der Waals surface area contributed by atoms with Crippen LogP contribution in [0.5, 0.6) is 0 Å². The number of rotatable bonds is 5. The van der Waals surface area contributed by atoms with Gasteiger partial charge >= 0.3 is 0 Å². The van der Waals surface area contributed by atoms with Gasteiger partial charge in [0.15, 0.2) is 0 Å². The van der Waals surface area contributed by atoms with Gasteiger partial charge in [-0.05, 0) is 42.2 Å². The third kappa shape index (κ3) is 3.54. The third-order valence-corrected chi connectivity index (χ3v) is 3.52. The summed E-state index contributed by atoms with van der Waals surface area (Å²) in [6.07, 6.45) is 1.49. The van der Waals surface area contributed by atoms with E-state index in [4.69, 9.17) is 0 Å². The molecule has 2 rings (SSSR count). The number of hydrogen-bond acceptors (Lipinski definition) is 3. The molecule has 0 saturated heterocycles. The van der Waals surface area contributed by atoms with E-state index in [0.29, 0.717) is 23.6 Å². The molecule has 0 fully saturated rings. The van der Waals surface area contributed by atoms with Crippen LogP contribution >= 0.6 is 15.9 Å². The third-order valence-electron chi connectivity index (χ3n) is 2.94. The Morgan fingerprint density at radius 1 is 1.38 bits per heavy atom. The molecule has 0 aliphatic carbocycles. The van der Waals surface area contributed by atoms with Crippen LogP contribution < -0.4 is 0 Å². The zero-order chi connectivity index (χ0) is 15.6. The molecule has 0 unspecified atom stereocenters. The van der Waals surface area contributed by atoms with Gasteiger partial charge in [0.05, 0.1) is 22.8 Å². The second kappa shape index (κ2) is 6.44. The topological polar surface area (TPSA) is 38.1 Å². The molecule has 0 amide bonds. The number of halogens is 3. The van der Waals surface area contributed by atoms with Crippen molar-refractivity contribution in [3.63, 3.8) is 0 Å². The molecule has 0 aliphatic heterocycles. The molecule has 1 heterocycles. The molecule has 0 atom stereocenters. The van der Waals surface area contributed by atoms with Crippen LogP contribution in [0.2, 0.25) is 0 Å². The molecule has 112 valence electrons. The Morgan fingerprint density at radius 2 is 2.10 bits per heavy atom. The lowest BCUT2D eigenvalue weighted by Gasteiger charge is -2.12. The average Bonchev–Trinajstić information content (AvgIpc) is 2.77. The quantitative estimate of drug-likeness (QED) is 0.772. The Bertz CT molecular complexity index is 670. The minimum absolute atomic E-state index is 0.177. The molecule has 0 N–H and O–H groups in total. The molecule has 0 radical (unpaired) electrons. The van der Waals surface area contributed by atoms with E-state index in [1.165, 1.54) is 10.9 Å². The van der Waals surface area contributed by atoms with Crippen molar-refractivity contribution in [2.75, 3.05) is 20.6 Å². The summed E-state index contributed by atoms with van der Waals surface area (Å²) in [5, 5.41) is 4.11. The first-order valence-electron chi connectivity index (χ1n) is 6.26. The van der Waals surface area contributed by atoms with Gasteiger partial charge in [-0.25, -0.2) is 8.78 Å². The summed E-state index contributed by atoms with van der Waals surface area (Å²) in [5.41, 5.74) is 0.0751. The van der Waals surface area contributed by atoms with Gasteiger partial charge in [-0.1, -0.05) is 0 Å². The van der Waals surface area contributed by atoms with Crippen molar-refractivity contribution in [3.05, 3.63) is 51.8 Å². The monoisotopic (exact) mass is 357 g/mol. The average molecular weight is 358 g/mol. The van der Waals surface area contributed by atoms with E-state index in [2.05, 4.69) is 21.0 Å². The molecule has 4 nitrogen and oxygen atoms in total. The van der Waals surface area contributed by atoms with E-state index in [0.717, 1.165) is 12.1 Å². The molecular weight excluding hydrogens is 344 g/mol. The molecule has 0 spiro atoms. The van der Waals surface area contributed by atoms with Crippen LogP contribution in [0.25, 0.3) is 0 Å². The van der Waals surface area contributed by atoms with Crippen molar-refractivity contribution in [1.82, 2.24) is 14.7 Å². The smallest absolute Gasteiger partial charge is 0.215 e. The Labute approximate surface area is 129 Å². The van der Waals surface area contributed by atoms with Crippen LogP contribution in [0.1, 0.15) is 16.1 Å². The van der Waals surface area contributed by atoms with Gasteiger partial charge in [-0.3, -0.25) is 9.48 Å². The van der Waals surface area contributed by atoms with Crippen LogP contribution in [-0.4, -0.2) is 41.1 Å². The molecule has 21 heavy (non-hydrogen) atoms. The highest BCUT2D eigenvalue weighted by atomic mass is 79.9. The lowest BCUT2D eigenvalue weighted by Crippen LogP contribution is -2.22. The van der Waals surface area contributed by atoms with E-state index >= 15 is 0 Å². The molecular formula is C14H14BrF2N3O. The number of hydrogen-bond donors (Lipinski definition) is 0. The second-order valence-corrected chi connectivity index (χ2v) is 5.68. The van der Waals surface area contributed by atoms with Crippen molar-refractivity contribution >= 4 is 21.7 Å². The minimum Gasteiger partial charge on any atom is -0.308 e. The number of nitrogens with zero attached hydrogens (tertiary/aromatic N) is 3. The van der Waals surface area contributed by atoms with E-state index < -0.39 is 17.4 Å². The number of aromatic nitrogens is 2. The predicted octanol–water partition coefficient (Wildman–Crippen LogP) is 2.72. The molecule has 0 bridgehead atoms. The lowest BCUT2D eigenvalue weighted by atomic mass is 10.1. The zero-order valence-corrected chi connectivity index (χ0v) is 13.2. The van der Waals surface area contributed by atoms with Crippen LogP contribution in [0, 0.1) is 11.6 Å². The Morgan fingerprint density at radius 3 is 2.71 bits per heavy atom. The summed E-state index contributed by atoms with van der Waals surface area (Å²) in [7, 11) is 3.80. The number of carbonyl (C=O) groups excluding carboxylic acids is 1. The van der Waals surface area contributed by atoms with Crippen molar-refractivity contribution in [2.24, 2.45) is 0 Å². The largest absolute Gasteiger partial charge is 0.308 e. The van der Waals surface area contributed by atoms with Gasteiger partial charge in [-0.2, -0.15) is 5.10 Å². The van der Waals surface area contributed by atoms with E-state index in [1.54, 1.807) is 0 Å². The Kier molecular flexibility index (Phi) is 4.84. The molecule has 0 aliphatic rings. The lowest BCUT2D eigenvalue weighted by molar-refractivity contribution is 0.102. The number of carbonyl (C=O) groups is 1. The first-order valence-corrected chi connectivity index (χ1v) is 7.05.